The van der Waals surface area contributed by atoms with Crippen molar-refractivity contribution in [2.24, 2.45) is 0 Å². The van der Waals surface area contributed by atoms with Crippen LogP contribution in [-0.2, 0) is 5.67 Å². The summed E-state index contributed by atoms with van der Waals surface area (Å²) < 4.78 is 85.9. The van der Waals surface area contributed by atoms with E-state index in [2.05, 4.69) is 10.2 Å². The zero-order valence-electron chi connectivity index (χ0n) is 7.19. The summed E-state index contributed by atoms with van der Waals surface area (Å²) in [5.41, 5.74) is -7.27. The number of nitrogens with zero attached hydrogens (tertiary/aromatic N) is 2. The van der Waals surface area contributed by atoms with Crippen molar-refractivity contribution in [1.29, 1.82) is 0 Å². The molecule has 0 aliphatic carbocycles. The zero-order chi connectivity index (χ0) is 12.6. The Labute approximate surface area is 84.1 Å². The van der Waals surface area contributed by atoms with Gasteiger partial charge < -0.3 is 0 Å². The highest BCUT2D eigenvalue weighted by atomic mass is 19.4. The second kappa shape index (κ2) is 3.56. The van der Waals surface area contributed by atoms with Crippen molar-refractivity contribution in [3.63, 3.8) is 0 Å². The minimum Gasteiger partial charge on any atom is -0.218 e. The Kier molecular flexibility index (Phi) is 2.82. The number of hydrogen-bond donors (Lipinski definition) is 0. The second-order valence-electron chi connectivity index (χ2n) is 2.70. The molecule has 0 spiro atoms. The third-order valence-corrected chi connectivity index (χ3v) is 1.68. The van der Waals surface area contributed by atoms with E-state index in [4.69, 9.17) is 0 Å². The molecule has 2 nitrogen and oxygen atoms in total. The summed E-state index contributed by atoms with van der Waals surface area (Å²) in [5, 5.41) is 5.67. The van der Waals surface area contributed by atoms with Crippen LogP contribution in [0.3, 0.4) is 0 Å². The van der Waals surface area contributed by atoms with Gasteiger partial charge in [-0.1, -0.05) is 0 Å². The summed E-state index contributed by atoms with van der Waals surface area (Å²) in [7, 11) is 0. The molecule has 0 aromatic carbocycles. The molecule has 0 unspecified atom stereocenters. The zero-order valence-corrected chi connectivity index (χ0v) is 7.19. The monoisotopic (exact) mass is 247 g/mol. The molecule has 16 heavy (non-hydrogen) atoms. The average Bonchev–Trinajstić information content (AvgIpc) is 2.14. The van der Waals surface area contributed by atoms with E-state index in [1.165, 1.54) is 6.07 Å². The number of alkyl halides is 7. The third kappa shape index (κ3) is 1.81. The van der Waals surface area contributed by atoms with Crippen molar-refractivity contribution in [3.05, 3.63) is 24.0 Å². The van der Waals surface area contributed by atoms with E-state index in [0.717, 1.165) is 0 Å². The van der Waals surface area contributed by atoms with Crippen LogP contribution in [0.25, 0.3) is 0 Å². The maximum atomic E-state index is 13.2. The Morgan fingerprint density at radius 1 is 0.875 bits per heavy atom. The molecule has 0 fully saturated rings. The molecule has 0 saturated heterocycles. The minimum absolute atomic E-state index is 0.0288. The fourth-order valence-corrected chi connectivity index (χ4v) is 0.915. The topological polar surface area (TPSA) is 25.8 Å². The van der Waals surface area contributed by atoms with E-state index in [9.17, 15) is 30.7 Å². The van der Waals surface area contributed by atoms with E-state index in [-0.39, 0.29) is 6.20 Å². The summed E-state index contributed by atoms with van der Waals surface area (Å²) >= 11 is 0. The first-order valence-corrected chi connectivity index (χ1v) is 3.62. The van der Waals surface area contributed by atoms with Crippen LogP contribution < -0.4 is 0 Å². The molecule has 1 aromatic rings. The number of aromatic nitrogens is 2. The Balaban J connectivity index is 3.39. The lowest BCUT2D eigenvalue weighted by molar-refractivity contribution is -0.348. The summed E-state index contributed by atoms with van der Waals surface area (Å²) in [6.07, 6.45) is -11.8. The highest BCUT2D eigenvalue weighted by Crippen LogP contribution is 2.52. The normalized spacial score (nSPS) is 13.9. The van der Waals surface area contributed by atoms with E-state index in [1.54, 1.807) is 0 Å². The van der Waals surface area contributed by atoms with Crippen LogP contribution in [0.5, 0.6) is 0 Å². The fraction of sp³-hybridized carbons (Fsp3) is 0.429. The van der Waals surface area contributed by atoms with Gasteiger partial charge in [-0.15, -0.1) is 0 Å². The smallest absolute Gasteiger partial charge is 0.218 e. The first-order chi connectivity index (χ1) is 7.11. The van der Waals surface area contributed by atoms with E-state index in [1.807, 2.05) is 0 Å². The molecule has 0 amide bonds. The van der Waals surface area contributed by atoms with Gasteiger partial charge in [0.1, 0.15) is 0 Å². The molecule has 0 aliphatic heterocycles. The van der Waals surface area contributed by atoms with Gasteiger partial charge in [0.2, 0.25) is 0 Å². The third-order valence-electron chi connectivity index (χ3n) is 1.68. The van der Waals surface area contributed by atoms with Crippen molar-refractivity contribution in [2.45, 2.75) is 18.0 Å². The van der Waals surface area contributed by atoms with Gasteiger partial charge in [0, 0.05) is 11.6 Å². The Morgan fingerprint density at radius 3 is 1.69 bits per heavy atom. The lowest BCUT2D eigenvalue weighted by Crippen LogP contribution is -2.50. The fourth-order valence-electron chi connectivity index (χ4n) is 0.915. The first kappa shape index (κ1) is 12.7. The molecule has 89 valence electrons. The van der Waals surface area contributed by atoms with E-state index in [0.29, 0.717) is 6.20 Å². The van der Waals surface area contributed by atoms with Gasteiger partial charge in [-0.2, -0.15) is 36.5 Å². The molecule has 1 rings (SSSR count). The standard InChI is InChI=1S/C7H2F7N2/c8-5(6(9,10)11,7(12,13)14)4-1-2-15-16-3-4/h2-3H. The molecule has 0 saturated carbocycles. The van der Waals surface area contributed by atoms with Gasteiger partial charge in [-0.05, 0) is 0 Å². The van der Waals surface area contributed by atoms with Crippen LogP contribution >= 0.6 is 0 Å². The molecule has 1 heterocycles. The quantitative estimate of drug-likeness (QED) is 0.713. The van der Waals surface area contributed by atoms with Crippen LogP contribution in [0.4, 0.5) is 30.7 Å². The maximum Gasteiger partial charge on any atom is 0.436 e. The minimum atomic E-state index is -6.15. The molecular formula is C7H2F7N2. The van der Waals surface area contributed by atoms with Crippen LogP contribution in [0.1, 0.15) is 5.56 Å². The van der Waals surface area contributed by atoms with Crippen LogP contribution in [0, 0.1) is 6.07 Å². The number of hydrogen-bond acceptors (Lipinski definition) is 2. The molecule has 1 radical (unpaired) electrons. The highest BCUT2D eigenvalue weighted by Gasteiger charge is 2.73. The molecular weight excluding hydrogens is 245 g/mol. The predicted molar refractivity (Wildman–Crippen MR) is 35.8 cm³/mol. The summed E-state index contributed by atoms with van der Waals surface area (Å²) in [5.74, 6) is 0. The first-order valence-electron chi connectivity index (χ1n) is 3.62. The van der Waals surface area contributed by atoms with Gasteiger partial charge in [-0.3, -0.25) is 0 Å². The maximum absolute atomic E-state index is 13.2. The highest BCUT2D eigenvalue weighted by molar-refractivity contribution is 5.20. The van der Waals surface area contributed by atoms with E-state index < -0.39 is 23.6 Å². The van der Waals surface area contributed by atoms with Crippen LogP contribution in [-0.4, -0.2) is 22.5 Å². The van der Waals surface area contributed by atoms with Crippen molar-refractivity contribution >= 4 is 0 Å². The van der Waals surface area contributed by atoms with Crippen molar-refractivity contribution in [3.8, 4) is 0 Å². The van der Waals surface area contributed by atoms with Crippen LogP contribution in [0.2, 0.25) is 0 Å². The summed E-state index contributed by atoms with van der Waals surface area (Å²) in [4.78, 5) is 0. The summed E-state index contributed by atoms with van der Waals surface area (Å²) in [6.45, 7) is 0. The lowest BCUT2D eigenvalue weighted by Gasteiger charge is -2.29. The van der Waals surface area contributed by atoms with Crippen molar-refractivity contribution in [1.82, 2.24) is 10.2 Å². The largest absolute Gasteiger partial charge is 0.436 e. The second-order valence-corrected chi connectivity index (χ2v) is 2.70. The molecule has 0 atom stereocenters. The van der Waals surface area contributed by atoms with Gasteiger partial charge in [0.05, 0.1) is 12.4 Å². The molecule has 0 bridgehead atoms. The Hall–Kier alpha value is -1.41. The Bertz CT molecular complexity index is 341. The van der Waals surface area contributed by atoms with Crippen molar-refractivity contribution in [2.75, 3.05) is 0 Å². The predicted octanol–water partition coefficient (Wildman–Crippen LogP) is 2.57. The molecule has 9 heteroatoms. The van der Waals surface area contributed by atoms with Gasteiger partial charge in [0.15, 0.2) is 0 Å². The molecule has 0 N–H and O–H groups in total. The SMILES string of the molecule is FC(F)(F)C(F)(c1[c]cnnc1)C(F)(F)F. The van der Waals surface area contributed by atoms with Crippen LogP contribution in [0.15, 0.2) is 12.4 Å². The Morgan fingerprint density at radius 2 is 1.38 bits per heavy atom. The van der Waals surface area contributed by atoms with Gasteiger partial charge >= 0.3 is 18.0 Å². The van der Waals surface area contributed by atoms with Gasteiger partial charge in [0.25, 0.3) is 0 Å². The molecule has 0 aliphatic rings. The summed E-state index contributed by atoms with van der Waals surface area (Å²) in [6, 6.07) is 1.43. The van der Waals surface area contributed by atoms with Crippen molar-refractivity contribution < 1.29 is 30.7 Å². The number of halogens is 7. The lowest BCUT2D eigenvalue weighted by atomic mass is 9.96. The van der Waals surface area contributed by atoms with Gasteiger partial charge in [-0.25, -0.2) is 4.39 Å². The molecule has 1 aromatic heterocycles. The number of rotatable bonds is 1. The average molecular weight is 247 g/mol. The van der Waals surface area contributed by atoms with E-state index >= 15 is 0 Å².